The van der Waals surface area contributed by atoms with Gasteiger partial charge in [-0.3, -0.25) is 5.10 Å². The maximum atomic E-state index is 5.22. The molecule has 0 radical (unpaired) electrons. The summed E-state index contributed by atoms with van der Waals surface area (Å²) in [6.45, 7) is 4.04. The second-order valence-electron chi connectivity index (χ2n) is 3.55. The van der Waals surface area contributed by atoms with Crippen LogP contribution in [0, 0.1) is 0 Å². The Morgan fingerprint density at radius 2 is 1.82 bits per heavy atom. The van der Waals surface area contributed by atoms with Gasteiger partial charge in [-0.05, 0) is 29.3 Å². The molecule has 0 atom stereocenters. The highest BCUT2D eigenvalue weighted by molar-refractivity contribution is 5.77. The van der Waals surface area contributed by atoms with E-state index in [0.717, 1.165) is 28.3 Å². The first-order valence-corrected chi connectivity index (χ1v) is 5.16. The van der Waals surface area contributed by atoms with E-state index in [2.05, 4.69) is 16.8 Å². The van der Waals surface area contributed by atoms with Crippen molar-refractivity contribution in [3.05, 3.63) is 48.3 Å². The monoisotopic (exact) mass is 230 g/mol. The number of H-pyrrole nitrogens is 1. The third-order valence-corrected chi connectivity index (χ3v) is 2.53. The Kier molecular flexibility index (Phi) is 3.14. The molecular formula is C13H14N2O2. The number of hydrogen-bond donors (Lipinski definition) is 1. The van der Waals surface area contributed by atoms with E-state index in [1.54, 1.807) is 20.4 Å². The van der Waals surface area contributed by atoms with Crippen molar-refractivity contribution >= 4 is 5.57 Å². The summed E-state index contributed by atoms with van der Waals surface area (Å²) in [5.74, 6) is 1.47. The molecule has 1 N–H and O–H groups in total. The van der Waals surface area contributed by atoms with Crippen LogP contribution in [0.4, 0.5) is 0 Å². The van der Waals surface area contributed by atoms with Crippen LogP contribution in [0.15, 0.2) is 37.0 Å². The standard InChI is InChI=1S/C13H14N2O2/c1-9(13-4-5-14-15-13)10-6-11(16-2)8-12(7-10)17-3/h4-8H,1H2,2-3H3,(H,14,15). The summed E-state index contributed by atoms with van der Waals surface area (Å²) in [5.41, 5.74) is 2.66. The molecule has 0 bridgehead atoms. The highest BCUT2D eigenvalue weighted by Crippen LogP contribution is 2.28. The Labute approximate surface area is 99.9 Å². The molecule has 88 valence electrons. The Morgan fingerprint density at radius 3 is 2.29 bits per heavy atom. The lowest BCUT2D eigenvalue weighted by atomic mass is 10.0. The van der Waals surface area contributed by atoms with Gasteiger partial charge in [-0.15, -0.1) is 0 Å². The van der Waals surface area contributed by atoms with Crippen LogP contribution in [0.25, 0.3) is 5.57 Å². The fraction of sp³-hybridized carbons (Fsp3) is 0.154. The van der Waals surface area contributed by atoms with Gasteiger partial charge < -0.3 is 9.47 Å². The lowest BCUT2D eigenvalue weighted by Gasteiger charge is -2.09. The van der Waals surface area contributed by atoms with Crippen LogP contribution in [0.2, 0.25) is 0 Å². The maximum Gasteiger partial charge on any atom is 0.123 e. The number of aromatic amines is 1. The minimum absolute atomic E-state index is 0.736. The molecule has 0 spiro atoms. The molecule has 0 fully saturated rings. The number of hydrogen-bond acceptors (Lipinski definition) is 3. The van der Waals surface area contributed by atoms with Crippen molar-refractivity contribution in [2.45, 2.75) is 0 Å². The predicted octanol–water partition coefficient (Wildman–Crippen LogP) is 2.49. The zero-order valence-corrected chi connectivity index (χ0v) is 9.86. The predicted molar refractivity (Wildman–Crippen MR) is 66.3 cm³/mol. The van der Waals surface area contributed by atoms with Gasteiger partial charge in [-0.25, -0.2) is 0 Å². The van der Waals surface area contributed by atoms with E-state index in [1.807, 2.05) is 24.3 Å². The van der Waals surface area contributed by atoms with Crippen LogP contribution in [0.1, 0.15) is 11.3 Å². The molecule has 2 rings (SSSR count). The van der Waals surface area contributed by atoms with E-state index in [0.29, 0.717) is 0 Å². The highest BCUT2D eigenvalue weighted by Gasteiger charge is 2.07. The average Bonchev–Trinajstić information content (AvgIpc) is 2.91. The van der Waals surface area contributed by atoms with Crippen molar-refractivity contribution < 1.29 is 9.47 Å². The maximum absolute atomic E-state index is 5.22. The Balaban J connectivity index is 2.41. The van der Waals surface area contributed by atoms with Crippen molar-refractivity contribution in [2.24, 2.45) is 0 Å². The molecule has 1 aromatic carbocycles. The van der Waals surface area contributed by atoms with Crippen LogP contribution in [-0.2, 0) is 0 Å². The van der Waals surface area contributed by atoms with Gasteiger partial charge in [0.2, 0.25) is 0 Å². The summed E-state index contributed by atoms with van der Waals surface area (Å²) in [5, 5.41) is 6.78. The molecule has 0 saturated carbocycles. The van der Waals surface area contributed by atoms with Crippen molar-refractivity contribution in [3.8, 4) is 11.5 Å². The van der Waals surface area contributed by atoms with Crippen LogP contribution in [0.3, 0.4) is 0 Å². The van der Waals surface area contributed by atoms with E-state index >= 15 is 0 Å². The molecule has 0 aliphatic heterocycles. The van der Waals surface area contributed by atoms with Crippen LogP contribution >= 0.6 is 0 Å². The van der Waals surface area contributed by atoms with Gasteiger partial charge in [-0.1, -0.05) is 6.58 Å². The van der Waals surface area contributed by atoms with Gasteiger partial charge in [-0.2, -0.15) is 5.10 Å². The largest absolute Gasteiger partial charge is 0.497 e. The fourth-order valence-corrected chi connectivity index (χ4v) is 1.56. The van der Waals surface area contributed by atoms with Crippen LogP contribution in [0.5, 0.6) is 11.5 Å². The molecule has 4 nitrogen and oxygen atoms in total. The van der Waals surface area contributed by atoms with Crippen LogP contribution < -0.4 is 9.47 Å². The van der Waals surface area contributed by atoms with Crippen molar-refractivity contribution in [3.63, 3.8) is 0 Å². The zero-order valence-electron chi connectivity index (χ0n) is 9.86. The van der Waals surface area contributed by atoms with Gasteiger partial charge in [0.05, 0.1) is 19.9 Å². The molecule has 0 amide bonds. The van der Waals surface area contributed by atoms with Crippen LogP contribution in [-0.4, -0.2) is 24.4 Å². The lowest BCUT2D eigenvalue weighted by molar-refractivity contribution is 0.394. The van der Waals surface area contributed by atoms with Crippen molar-refractivity contribution in [1.82, 2.24) is 10.2 Å². The Morgan fingerprint density at radius 1 is 1.18 bits per heavy atom. The molecule has 0 aliphatic carbocycles. The Hall–Kier alpha value is -2.23. The first kappa shape index (κ1) is 11.3. The minimum atomic E-state index is 0.736. The quantitative estimate of drug-likeness (QED) is 0.877. The first-order chi connectivity index (χ1) is 8.24. The van der Waals surface area contributed by atoms with Crippen molar-refractivity contribution in [1.29, 1.82) is 0 Å². The number of ether oxygens (including phenoxy) is 2. The number of aromatic nitrogens is 2. The molecule has 4 heteroatoms. The van der Waals surface area contributed by atoms with E-state index in [1.165, 1.54) is 0 Å². The summed E-state index contributed by atoms with van der Waals surface area (Å²) in [7, 11) is 3.25. The molecule has 0 saturated heterocycles. The minimum Gasteiger partial charge on any atom is -0.497 e. The lowest BCUT2D eigenvalue weighted by Crippen LogP contribution is -1.92. The summed E-state index contributed by atoms with van der Waals surface area (Å²) in [6, 6.07) is 7.51. The number of methoxy groups -OCH3 is 2. The van der Waals surface area contributed by atoms with E-state index in [-0.39, 0.29) is 0 Å². The van der Waals surface area contributed by atoms with Gasteiger partial charge in [0.15, 0.2) is 0 Å². The molecule has 0 unspecified atom stereocenters. The number of nitrogens with zero attached hydrogens (tertiary/aromatic N) is 1. The number of rotatable bonds is 4. The fourth-order valence-electron chi connectivity index (χ4n) is 1.56. The SMILES string of the molecule is C=C(c1cc(OC)cc(OC)c1)c1ccn[nH]1. The molecule has 1 heterocycles. The molecular weight excluding hydrogens is 216 g/mol. The third kappa shape index (κ3) is 2.30. The van der Waals surface area contributed by atoms with Gasteiger partial charge >= 0.3 is 0 Å². The van der Waals surface area contributed by atoms with E-state index in [9.17, 15) is 0 Å². The van der Waals surface area contributed by atoms with E-state index < -0.39 is 0 Å². The summed E-state index contributed by atoms with van der Waals surface area (Å²) < 4.78 is 10.4. The van der Waals surface area contributed by atoms with Gasteiger partial charge in [0, 0.05) is 12.3 Å². The summed E-state index contributed by atoms with van der Waals surface area (Å²) in [6.07, 6.45) is 1.69. The number of benzene rings is 1. The van der Waals surface area contributed by atoms with Crippen molar-refractivity contribution in [2.75, 3.05) is 14.2 Å². The van der Waals surface area contributed by atoms with Gasteiger partial charge in [0.25, 0.3) is 0 Å². The zero-order chi connectivity index (χ0) is 12.3. The number of nitrogens with one attached hydrogen (secondary N) is 1. The average molecular weight is 230 g/mol. The normalized spacial score (nSPS) is 10.0. The molecule has 17 heavy (non-hydrogen) atoms. The topological polar surface area (TPSA) is 47.1 Å². The highest BCUT2D eigenvalue weighted by atomic mass is 16.5. The van der Waals surface area contributed by atoms with E-state index in [4.69, 9.17) is 9.47 Å². The second kappa shape index (κ2) is 4.74. The Bertz CT molecular complexity index is 496. The first-order valence-electron chi connectivity index (χ1n) is 5.16. The molecule has 2 aromatic rings. The second-order valence-corrected chi connectivity index (χ2v) is 3.55. The summed E-state index contributed by atoms with van der Waals surface area (Å²) >= 11 is 0. The molecule has 1 aromatic heterocycles. The molecule has 0 aliphatic rings. The smallest absolute Gasteiger partial charge is 0.123 e. The summed E-state index contributed by atoms with van der Waals surface area (Å²) in [4.78, 5) is 0. The third-order valence-electron chi connectivity index (χ3n) is 2.53. The van der Waals surface area contributed by atoms with Gasteiger partial charge in [0.1, 0.15) is 11.5 Å².